The van der Waals surface area contributed by atoms with Gasteiger partial charge in [-0.3, -0.25) is 0 Å². The lowest BCUT2D eigenvalue weighted by molar-refractivity contribution is 0.319. The van der Waals surface area contributed by atoms with E-state index in [2.05, 4.69) is 35.4 Å². The summed E-state index contributed by atoms with van der Waals surface area (Å²) in [7, 11) is 0. The van der Waals surface area contributed by atoms with E-state index >= 15 is 0 Å². The Morgan fingerprint density at radius 2 is 2.29 bits per heavy atom. The van der Waals surface area contributed by atoms with Crippen LogP contribution in [0.15, 0.2) is 34.9 Å². The number of benzene rings is 1. The van der Waals surface area contributed by atoms with Crippen LogP contribution in [0.5, 0.6) is 0 Å². The molecule has 1 aliphatic heterocycles. The highest BCUT2D eigenvalue weighted by molar-refractivity contribution is 5.57. The number of nitrogens with zero attached hydrogens (tertiary/aromatic N) is 1. The summed E-state index contributed by atoms with van der Waals surface area (Å²) >= 11 is 0. The molecule has 1 N–H and O–H groups in total. The number of hydrogen-bond donors (Lipinski definition) is 1. The summed E-state index contributed by atoms with van der Waals surface area (Å²) in [6.45, 7) is 4.26. The zero-order chi connectivity index (χ0) is 11.7. The van der Waals surface area contributed by atoms with E-state index in [1.54, 1.807) is 0 Å². The van der Waals surface area contributed by atoms with E-state index in [4.69, 9.17) is 4.42 Å². The first kappa shape index (κ1) is 10.5. The molecule has 0 atom stereocenters. The van der Waals surface area contributed by atoms with E-state index in [1.165, 1.54) is 5.56 Å². The number of oxazole rings is 1. The van der Waals surface area contributed by atoms with Gasteiger partial charge < -0.3 is 9.73 Å². The fraction of sp³-hybridized carbons (Fsp3) is 0.357. The number of hydrogen-bond acceptors (Lipinski definition) is 3. The summed E-state index contributed by atoms with van der Waals surface area (Å²) in [6, 6.07) is 8.31. The fourth-order valence-electron chi connectivity index (χ4n) is 2.08. The van der Waals surface area contributed by atoms with E-state index in [0.29, 0.717) is 5.92 Å². The predicted molar refractivity (Wildman–Crippen MR) is 66.7 cm³/mol. The third kappa shape index (κ3) is 2.24. The minimum Gasteiger partial charge on any atom is -0.441 e. The molecule has 2 aromatic rings. The van der Waals surface area contributed by atoms with E-state index in [0.717, 1.165) is 36.7 Å². The highest BCUT2D eigenvalue weighted by Crippen LogP contribution is 2.22. The summed E-state index contributed by atoms with van der Waals surface area (Å²) < 4.78 is 5.79. The van der Waals surface area contributed by atoms with Gasteiger partial charge in [0, 0.05) is 12.0 Å². The molecule has 88 valence electrons. The average molecular weight is 228 g/mol. The summed E-state index contributed by atoms with van der Waals surface area (Å²) in [5, 5.41) is 3.26. The molecule has 0 saturated carbocycles. The Labute approximate surface area is 101 Å². The molecule has 3 nitrogen and oxygen atoms in total. The van der Waals surface area contributed by atoms with Gasteiger partial charge in [-0.05, 0) is 32.0 Å². The van der Waals surface area contributed by atoms with Gasteiger partial charge in [-0.2, -0.15) is 0 Å². The molecule has 1 aromatic heterocycles. The third-order valence-electron chi connectivity index (χ3n) is 3.19. The summed E-state index contributed by atoms with van der Waals surface area (Å²) in [5.41, 5.74) is 2.35. The lowest BCUT2D eigenvalue weighted by Gasteiger charge is -2.25. The van der Waals surface area contributed by atoms with Crippen LogP contribution in [0.3, 0.4) is 0 Å². The van der Waals surface area contributed by atoms with E-state index in [1.807, 2.05) is 12.3 Å². The first-order chi connectivity index (χ1) is 8.31. The maximum atomic E-state index is 5.79. The van der Waals surface area contributed by atoms with Gasteiger partial charge in [0.05, 0.1) is 6.20 Å². The van der Waals surface area contributed by atoms with Crippen LogP contribution in [0.2, 0.25) is 0 Å². The molecular formula is C14H16N2O. The average Bonchev–Trinajstić information content (AvgIpc) is 2.72. The Morgan fingerprint density at radius 3 is 3.00 bits per heavy atom. The van der Waals surface area contributed by atoms with Crippen molar-refractivity contribution in [2.75, 3.05) is 13.1 Å². The van der Waals surface area contributed by atoms with Gasteiger partial charge in [0.25, 0.3) is 0 Å². The van der Waals surface area contributed by atoms with Crippen LogP contribution in [0.25, 0.3) is 11.3 Å². The van der Waals surface area contributed by atoms with Gasteiger partial charge in [-0.25, -0.2) is 4.98 Å². The van der Waals surface area contributed by atoms with Gasteiger partial charge >= 0.3 is 0 Å². The van der Waals surface area contributed by atoms with Crippen LogP contribution in [0.4, 0.5) is 0 Å². The molecule has 0 aliphatic carbocycles. The third-order valence-corrected chi connectivity index (χ3v) is 3.19. The highest BCUT2D eigenvalue weighted by Gasteiger charge is 2.19. The summed E-state index contributed by atoms with van der Waals surface area (Å²) in [6.07, 6.45) is 2.77. The molecule has 1 aliphatic rings. The van der Waals surface area contributed by atoms with Crippen molar-refractivity contribution in [2.45, 2.75) is 13.3 Å². The molecule has 3 rings (SSSR count). The minimum absolute atomic E-state index is 0.694. The SMILES string of the molecule is Cc1cccc(-c2cnc(CC3CNC3)o2)c1. The second-order valence-electron chi connectivity index (χ2n) is 4.72. The number of aromatic nitrogens is 1. The quantitative estimate of drug-likeness (QED) is 0.876. The Hall–Kier alpha value is -1.61. The van der Waals surface area contributed by atoms with Crippen molar-refractivity contribution >= 4 is 0 Å². The molecule has 0 radical (unpaired) electrons. The van der Waals surface area contributed by atoms with Gasteiger partial charge in [-0.15, -0.1) is 0 Å². The normalized spacial score (nSPS) is 15.8. The number of rotatable bonds is 3. The molecule has 2 heterocycles. The van der Waals surface area contributed by atoms with Crippen molar-refractivity contribution < 1.29 is 4.42 Å². The summed E-state index contributed by atoms with van der Waals surface area (Å²) in [5.74, 6) is 2.42. The molecule has 0 spiro atoms. The van der Waals surface area contributed by atoms with Crippen LogP contribution in [-0.2, 0) is 6.42 Å². The van der Waals surface area contributed by atoms with Crippen LogP contribution in [-0.4, -0.2) is 18.1 Å². The first-order valence-electron chi connectivity index (χ1n) is 6.04. The van der Waals surface area contributed by atoms with Crippen LogP contribution < -0.4 is 5.32 Å². The minimum atomic E-state index is 0.694. The van der Waals surface area contributed by atoms with E-state index in [-0.39, 0.29) is 0 Å². The largest absolute Gasteiger partial charge is 0.441 e. The second-order valence-corrected chi connectivity index (χ2v) is 4.72. The predicted octanol–water partition coefficient (Wildman–Crippen LogP) is 2.41. The lowest BCUT2D eigenvalue weighted by Crippen LogP contribution is -2.43. The van der Waals surface area contributed by atoms with Crippen LogP contribution in [0, 0.1) is 12.8 Å². The Morgan fingerprint density at radius 1 is 1.41 bits per heavy atom. The van der Waals surface area contributed by atoms with Crippen molar-refractivity contribution in [3.8, 4) is 11.3 Å². The Bertz CT molecular complexity index is 514. The van der Waals surface area contributed by atoms with Gasteiger partial charge in [-0.1, -0.05) is 23.8 Å². The highest BCUT2D eigenvalue weighted by atomic mass is 16.4. The monoisotopic (exact) mass is 228 g/mol. The van der Waals surface area contributed by atoms with Gasteiger partial charge in [0.2, 0.25) is 0 Å². The van der Waals surface area contributed by atoms with Crippen LogP contribution >= 0.6 is 0 Å². The topological polar surface area (TPSA) is 38.1 Å². The van der Waals surface area contributed by atoms with Crippen molar-refractivity contribution in [1.82, 2.24) is 10.3 Å². The van der Waals surface area contributed by atoms with E-state index in [9.17, 15) is 0 Å². The molecule has 17 heavy (non-hydrogen) atoms. The second kappa shape index (κ2) is 4.34. The summed E-state index contributed by atoms with van der Waals surface area (Å²) in [4.78, 5) is 4.35. The number of aryl methyl sites for hydroxylation is 1. The Kier molecular flexibility index (Phi) is 2.69. The fourth-order valence-corrected chi connectivity index (χ4v) is 2.08. The van der Waals surface area contributed by atoms with Gasteiger partial charge in [0.15, 0.2) is 11.7 Å². The maximum absolute atomic E-state index is 5.79. The van der Waals surface area contributed by atoms with Crippen molar-refractivity contribution in [2.24, 2.45) is 5.92 Å². The first-order valence-corrected chi connectivity index (χ1v) is 6.04. The molecule has 3 heteroatoms. The van der Waals surface area contributed by atoms with Crippen LogP contribution in [0.1, 0.15) is 11.5 Å². The van der Waals surface area contributed by atoms with Gasteiger partial charge in [0.1, 0.15) is 0 Å². The maximum Gasteiger partial charge on any atom is 0.195 e. The molecule has 1 saturated heterocycles. The molecule has 1 aromatic carbocycles. The van der Waals surface area contributed by atoms with Crippen molar-refractivity contribution in [1.29, 1.82) is 0 Å². The number of nitrogens with one attached hydrogen (secondary N) is 1. The molecule has 0 unspecified atom stereocenters. The standard InChI is InChI=1S/C14H16N2O/c1-10-3-2-4-12(5-10)13-9-16-14(17-13)6-11-7-15-8-11/h2-5,9,11,15H,6-8H2,1H3. The zero-order valence-electron chi connectivity index (χ0n) is 9.94. The van der Waals surface area contributed by atoms with Crippen molar-refractivity contribution in [3.63, 3.8) is 0 Å². The van der Waals surface area contributed by atoms with E-state index < -0.39 is 0 Å². The smallest absolute Gasteiger partial charge is 0.195 e. The van der Waals surface area contributed by atoms with Crippen molar-refractivity contribution in [3.05, 3.63) is 41.9 Å². The Balaban J connectivity index is 1.79. The molecule has 0 bridgehead atoms. The lowest BCUT2D eigenvalue weighted by atomic mass is 10.00. The molecule has 0 amide bonds. The molecule has 1 fully saturated rings. The zero-order valence-corrected chi connectivity index (χ0v) is 9.94. The molecular weight excluding hydrogens is 212 g/mol.